The molecule has 0 saturated carbocycles. The first-order valence-corrected chi connectivity index (χ1v) is 5.50. The molecule has 0 fully saturated rings. The number of hydrogen-bond acceptors (Lipinski definition) is 3. The minimum absolute atomic E-state index is 0.00454. The third-order valence-electron chi connectivity index (χ3n) is 3.40. The van der Waals surface area contributed by atoms with Gasteiger partial charge in [0.25, 0.3) is 0 Å². The molecule has 0 aliphatic heterocycles. The number of rotatable bonds is 4. The Bertz CT molecular complexity index is 433. The molecule has 0 radical (unpaired) electrons. The maximum Gasteiger partial charge on any atom is 0.194 e. The first-order valence-electron chi connectivity index (χ1n) is 5.50. The van der Waals surface area contributed by atoms with Gasteiger partial charge in [-0.05, 0) is 34.0 Å². The molecule has 0 aliphatic rings. The molecule has 0 saturated heterocycles. The summed E-state index contributed by atoms with van der Waals surface area (Å²) in [5, 5.41) is 0. The van der Waals surface area contributed by atoms with Gasteiger partial charge in [0.2, 0.25) is 0 Å². The molecule has 3 nitrogen and oxygen atoms in total. The molecule has 1 aromatic carbocycles. The van der Waals surface area contributed by atoms with E-state index in [9.17, 15) is 13.2 Å². The third-order valence-corrected chi connectivity index (χ3v) is 3.40. The molecule has 6 heteroatoms. The maximum absolute atomic E-state index is 13.8. The van der Waals surface area contributed by atoms with Gasteiger partial charge in [-0.2, -0.15) is 0 Å². The highest BCUT2D eigenvalue weighted by Gasteiger charge is 2.35. The highest BCUT2D eigenvalue weighted by Crippen LogP contribution is 2.31. The second kappa shape index (κ2) is 5.26. The maximum atomic E-state index is 13.8. The van der Waals surface area contributed by atoms with E-state index >= 15 is 0 Å². The molecule has 3 N–H and O–H groups in total. The lowest BCUT2D eigenvalue weighted by molar-refractivity contribution is 0.135. The van der Waals surface area contributed by atoms with E-state index in [-0.39, 0.29) is 5.56 Å². The summed E-state index contributed by atoms with van der Waals surface area (Å²) in [4.78, 5) is 1.82. The smallest absolute Gasteiger partial charge is 0.194 e. The van der Waals surface area contributed by atoms with Gasteiger partial charge in [0.1, 0.15) is 0 Å². The van der Waals surface area contributed by atoms with Gasteiger partial charge >= 0.3 is 0 Å². The quantitative estimate of drug-likeness (QED) is 0.494. The van der Waals surface area contributed by atoms with Crippen LogP contribution in [0.1, 0.15) is 25.5 Å². The number of nitrogens with zero attached hydrogens (tertiary/aromatic N) is 1. The molecule has 1 unspecified atom stereocenters. The Labute approximate surface area is 105 Å². The van der Waals surface area contributed by atoms with Crippen molar-refractivity contribution in [2.24, 2.45) is 5.84 Å². The Kier molecular flexibility index (Phi) is 4.37. The molecule has 0 heterocycles. The molecule has 102 valence electrons. The SMILES string of the molecule is CN(C)C(C)(C)C(NN)c1ccc(F)c(F)c1F. The Morgan fingerprint density at radius 1 is 1.17 bits per heavy atom. The van der Waals surface area contributed by atoms with Gasteiger partial charge in [0, 0.05) is 11.1 Å². The fraction of sp³-hybridized carbons (Fsp3) is 0.500. The van der Waals surface area contributed by atoms with Crippen molar-refractivity contribution in [2.45, 2.75) is 25.4 Å². The van der Waals surface area contributed by atoms with Gasteiger partial charge in [-0.3, -0.25) is 11.3 Å². The molecule has 0 aliphatic carbocycles. The van der Waals surface area contributed by atoms with Crippen LogP contribution in [-0.2, 0) is 0 Å². The number of hydrazine groups is 1. The van der Waals surface area contributed by atoms with E-state index in [4.69, 9.17) is 5.84 Å². The van der Waals surface area contributed by atoms with E-state index in [2.05, 4.69) is 5.43 Å². The standard InChI is InChI=1S/C12H18F3N3/c1-12(2,18(3)4)11(17-16)7-5-6-8(13)10(15)9(7)14/h5-6,11,17H,16H2,1-4H3. The van der Waals surface area contributed by atoms with Gasteiger partial charge in [0.05, 0.1) is 6.04 Å². The van der Waals surface area contributed by atoms with Crippen LogP contribution in [0.3, 0.4) is 0 Å². The van der Waals surface area contributed by atoms with Crippen LogP contribution in [0.15, 0.2) is 12.1 Å². The van der Waals surface area contributed by atoms with Gasteiger partial charge in [0.15, 0.2) is 17.5 Å². The monoisotopic (exact) mass is 261 g/mol. The van der Waals surface area contributed by atoms with E-state index in [0.29, 0.717) is 0 Å². The minimum Gasteiger partial charge on any atom is -0.302 e. The van der Waals surface area contributed by atoms with Crippen molar-refractivity contribution in [2.75, 3.05) is 14.1 Å². The predicted molar refractivity (Wildman–Crippen MR) is 64.1 cm³/mol. The number of hydrogen-bond donors (Lipinski definition) is 2. The van der Waals surface area contributed by atoms with Gasteiger partial charge < -0.3 is 4.90 Å². The van der Waals surface area contributed by atoms with E-state index in [1.807, 2.05) is 18.7 Å². The molecule has 0 spiro atoms. The normalized spacial score (nSPS) is 14.1. The van der Waals surface area contributed by atoms with Gasteiger partial charge in [-0.15, -0.1) is 0 Å². The van der Waals surface area contributed by atoms with Crippen molar-refractivity contribution < 1.29 is 13.2 Å². The van der Waals surface area contributed by atoms with Crippen molar-refractivity contribution in [3.63, 3.8) is 0 Å². The highest BCUT2D eigenvalue weighted by molar-refractivity contribution is 5.26. The summed E-state index contributed by atoms with van der Waals surface area (Å²) in [6.45, 7) is 3.64. The van der Waals surface area contributed by atoms with Crippen LogP contribution in [0.5, 0.6) is 0 Å². The summed E-state index contributed by atoms with van der Waals surface area (Å²) in [5.41, 5.74) is 1.87. The van der Waals surface area contributed by atoms with Crippen molar-refractivity contribution in [3.05, 3.63) is 35.1 Å². The Hall–Kier alpha value is -1.11. The number of benzene rings is 1. The van der Waals surface area contributed by atoms with Crippen molar-refractivity contribution in [1.82, 2.24) is 10.3 Å². The van der Waals surface area contributed by atoms with E-state index in [1.165, 1.54) is 6.07 Å². The fourth-order valence-electron chi connectivity index (χ4n) is 1.70. The van der Waals surface area contributed by atoms with Gasteiger partial charge in [-0.25, -0.2) is 13.2 Å². The number of likely N-dealkylation sites (N-methyl/N-ethyl adjacent to an activating group) is 1. The zero-order chi connectivity index (χ0) is 14.1. The molecule has 0 amide bonds. The lowest BCUT2D eigenvalue weighted by Crippen LogP contribution is -2.51. The molecule has 18 heavy (non-hydrogen) atoms. The molecule has 0 aromatic heterocycles. The van der Waals surface area contributed by atoms with Crippen molar-refractivity contribution >= 4 is 0 Å². The zero-order valence-corrected chi connectivity index (χ0v) is 10.9. The average Bonchev–Trinajstić information content (AvgIpc) is 2.29. The number of nitrogens with one attached hydrogen (secondary N) is 1. The fourth-order valence-corrected chi connectivity index (χ4v) is 1.70. The lowest BCUT2D eigenvalue weighted by Gasteiger charge is -2.40. The summed E-state index contributed by atoms with van der Waals surface area (Å²) < 4.78 is 39.9. The van der Waals surface area contributed by atoms with Crippen LogP contribution in [0.2, 0.25) is 0 Å². The van der Waals surface area contributed by atoms with Crippen LogP contribution in [0.4, 0.5) is 13.2 Å². The predicted octanol–water partition coefficient (Wildman–Crippen LogP) is 1.95. The average molecular weight is 261 g/mol. The summed E-state index contributed by atoms with van der Waals surface area (Å²) in [5.74, 6) is 1.51. The van der Waals surface area contributed by atoms with Crippen molar-refractivity contribution in [1.29, 1.82) is 0 Å². The van der Waals surface area contributed by atoms with E-state index in [0.717, 1.165) is 6.07 Å². The van der Waals surface area contributed by atoms with Crippen LogP contribution in [0.25, 0.3) is 0 Å². The second-order valence-corrected chi connectivity index (χ2v) is 4.91. The van der Waals surface area contributed by atoms with Crippen LogP contribution < -0.4 is 11.3 Å². The lowest BCUT2D eigenvalue weighted by atomic mass is 9.87. The van der Waals surface area contributed by atoms with Crippen LogP contribution in [-0.4, -0.2) is 24.5 Å². The molecule has 1 atom stereocenters. The number of halogens is 3. The first-order chi connectivity index (χ1) is 8.23. The number of nitrogens with two attached hydrogens (primary N) is 1. The van der Waals surface area contributed by atoms with Gasteiger partial charge in [-0.1, -0.05) is 6.07 Å². The van der Waals surface area contributed by atoms with Crippen molar-refractivity contribution in [3.8, 4) is 0 Å². The Morgan fingerprint density at radius 3 is 2.17 bits per heavy atom. The Balaban J connectivity index is 3.31. The Morgan fingerprint density at radius 2 is 1.72 bits per heavy atom. The highest BCUT2D eigenvalue weighted by atomic mass is 19.2. The molecule has 1 aromatic rings. The zero-order valence-electron chi connectivity index (χ0n) is 10.9. The summed E-state index contributed by atoms with van der Waals surface area (Å²) in [7, 11) is 3.59. The van der Waals surface area contributed by atoms with E-state index < -0.39 is 29.0 Å². The second-order valence-electron chi connectivity index (χ2n) is 4.91. The summed E-state index contributed by atoms with van der Waals surface area (Å²) >= 11 is 0. The van der Waals surface area contributed by atoms with Crippen LogP contribution in [0, 0.1) is 17.5 Å². The largest absolute Gasteiger partial charge is 0.302 e. The molecular formula is C12H18F3N3. The first kappa shape index (κ1) is 14.9. The molecular weight excluding hydrogens is 243 g/mol. The summed E-state index contributed by atoms with van der Waals surface area (Å²) in [6, 6.07) is 1.41. The third kappa shape index (κ3) is 2.50. The van der Waals surface area contributed by atoms with Crippen LogP contribution >= 0.6 is 0 Å². The summed E-state index contributed by atoms with van der Waals surface area (Å²) in [6.07, 6.45) is 0. The minimum atomic E-state index is -1.48. The van der Waals surface area contributed by atoms with E-state index in [1.54, 1.807) is 14.1 Å². The topological polar surface area (TPSA) is 41.3 Å². The molecule has 0 bridgehead atoms. The molecule has 1 rings (SSSR count).